The van der Waals surface area contributed by atoms with E-state index in [2.05, 4.69) is 11.1 Å². The quantitative estimate of drug-likeness (QED) is 0.321. The van der Waals surface area contributed by atoms with Gasteiger partial charge >= 0.3 is 5.97 Å². The van der Waals surface area contributed by atoms with Crippen molar-refractivity contribution >= 4 is 5.97 Å². The Kier molecular flexibility index (Phi) is 16.7. The highest BCUT2D eigenvalue weighted by Crippen LogP contribution is 1.74. The zero-order valence-electron chi connectivity index (χ0n) is 8.28. The molecule has 0 saturated carbocycles. The van der Waals surface area contributed by atoms with E-state index < -0.39 is 5.97 Å². The van der Waals surface area contributed by atoms with Crippen LogP contribution in [0.15, 0.2) is 0 Å². The minimum Gasteiger partial charge on any atom is -0.480 e. The van der Waals surface area contributed by atoms with Crippen molar-refractivity contribution in [1.29, 1.82) is 0 Å². The lowest BCUT2D eigenvalue weighted by molar-refractivity contribution is -0.135. The summed E-state index contributed by atoms with van der Waals surface area (Å²) in [6, 6.07) is 0. The molecule has 0 radical (unpaired) electrons. The summed E-state index contributed by atoms with van der Waals surface area (Å²) in [4.78, 5) is 9.24. The van der Waals surface area contributed by atoms with Crippen LogP contribution in [0.3, 0.4) is 0 Å². The Morgan fingerprint density at radius 2 is 1.50 bits per heavy atom. The summed E-state index contributed by atoms with van der Waals surface area (Å²) in [6.45, 7) is 1.89. The van der Waals surface area contributed by atoms with Gasteiger partial charge in [0.1, 0.15) is 0 Å². The molecule has 0 aromatic carbocycles. The van der Waals surface area contributed by atoms with Gasteiger partial charge in [-0.15, -0.1) is 0 Å². The fourth-order valence-corrected chi connectivity index (χ4v) is 0.533. The summed E-state index contributed by atoms with van der Waals surface area (Å²) >= 11 is 0. The van der Waals surface area contributed by atoms with Gasteiger partial charge in [-0.25, -0.2) is 0 Å². The molecule has 0 rings (SSSR count). The third-order valence-corrected chi connectivity index (χ3v) is 1.20. The van der Waals surface area contributed by atoms with Crippen molar-refractivity contribution in [2.24, 2.45) is 5.73 Å². The Morgan fingerprint density at radius 1 is 1.14 bits per heavy atom. The van der Waals surface area contributed by atoms with Gasteiger partial charge < -0.3 is 26.4 Å². The molecule has 0 unspecified atom stereocenters. The molecule has 14 heavy (non-hydrogen) atoms. The zero-order valence-corrected chi connectivity index (χ0v) is 8.28. The van der Waals surface area contributed by atoms with E-state index in [4.69, 9.17) is 15.3 Å². The van der Waals surface area contributed by atoms with Crippen LogP contribution < -0.4 is 11.1 Å². The standard InChI is InChI=1S/C6H15NO2.C2H5NO2/c8-5-1-3-7-4-2-6-9;3-1-2(4)5/h7-9H,1-6H2;1,3H2,(H,4,5). The second-order valence-corrected chi connectivity index (χ2v) is 2.50. The molecule has 0 heterocycles. The summed E-state index contributed by atoms with van der Waals surface area (Å²) in [5.41, 5.74) is 4.57. The predicted octanol–water partition coefficient (Wildman–Crippen LogP) is -1.63. The summed E-state index contributed by atoms with van der Waals surface area (Å²) < 4.78 is 0. The second kappa shape index (κ2) is 14.8. The van der Waals surface area contributed by atoms with Crippen molar-refractivity contribution in [2.45, 2.75) is 12.8 Å². The first-order chi connectivity index (χ1) is 6.68. The normalized spacial score (nSPS) is 9.07. The first-order valence-corrected chi connectivity index (χ1v) is 4.53. The minimum absolute atomic E-state index is 0.242. The van der Waals surface area contributed by atoms with Gasteiger partial charge in [-0.05, 0) is 25.9 Å². The number of carbonyl (C=O) groups is 1. The summed E-state index contributed by atoms with van der Waals surface area (Å²) in [7, 11) is 0. The van der Waals surface area contributed by atoms with E-state index >= 15 is 0 Å². The highest BCUT2D eigenvalue weighted by atomic mass is 16.4. The largest absolute Gasteiger partial charge is 0.480 e. The maximum atomic E-state index is 9.24. The van der Waals surface area contributed by atoms with Crippen molar-refractivity contribution in [2.75, 3.05) is 32.8 Å². The molecule has 0 amide bonds. The number of rotatable bonds is 7. The van der Waals surface area contributed by atoms with Crippen molar-refractivity contribution < 1.29 is 20.1 Å². The molecular formula is C8H20N2O4. The first kappa shape index (κ1) is 15.8. The lowest BCUT2D eigenvalue weighted by Gasteiger charge is -1.99. The average molecular weight is 208 g/mol. The minimum atomic E-state index is -0.968. The lowest BCUT2D eigenvalue weighted by atomic mass is 10.4. The lowest BCUT2D eigenvalue weighted by Crippen LogP contribution is -2.18. The summed E-state index contributed by atoms with van der Waals surface area (Å²) in [6.07, 6.45) is 1.59. The Bertz CT molecular complexity index is 116. The van der Waals surface area contributed by atoms with E-state index in [9.17, 15) is 4.79 Å². The molecule has 0 fully saturated rings. The maximum Gasteiger partial charge on any atom is 0.317 e. The first-order valence-electron chi connectivity index (χ1n) is 4.53. The summed E-state index contributed by atoms with van der Waals surface area (Å²) in [5.74, 6) is -0.968. The number of nitrogens with one attached hydrogen (secondary N) is 1. The molecular weight excluding hydrogens is 188 g/mol. The van der Waals surface area contributed by atoms with Crippen molar-refractivity contribution in [3.8, 4) is 0 Å². The Balaban J connectivity index is 0. The van der Waals surface area contributed by atoms with E-state index in [-0.39, 0.29) is 19.8 Å². The molecule has 0 aliphatic carbocycles. The molecule has 0 bridgehead atoms. The number of nitrogens with two attached hydrogens (primary N) is 1. The van der Waals surface area contributed by atoms with Gasteiger partial charge in [0, 0.05) is 13.2 Å². The third kappa shape index (κ3) is 22.5. The van der Waals surface area contributed by atoms with Crippen LogP contribution in [0.25, 0.3) is 0 Å². The van der Waals surface area contributed by atoms with E-state index in [1.165, 1.54) is 0 Å². The Hall–Kier alpha value is -0.690. The molecule has 0 spiro atoms. The SMILES string of the molecule is NCC(=O)O.OCCCNCCCO. The number of aliphatic hydroxyl groups is 2. The molecule has 6 N–H and O–H groups in total. The number of carboxylic acids is 1. The van der Waals surface area contributed by atoms with Crippen molar-refractivity contribution in [1.82, 2.24) is 5.32 Å². The van der Waals surface area contributed by atoms with Crippen LogP contribution in [0.4, 0.5) is 0 Å². The molecule has 0 aromatic heterocycles. The van der Waals surface area contributed by atoms with E-state index in [1.807, 2.05) is 0 Å². The molecule has 0 aliphatic rings. The van der Waals surface area contributed by atoms with Gasteiger partial charge in [0.25, 0.3) is 0 Å². The van der Waals surface area contributed by atoms with E-state index in [1.54, 1.807) is 0 Å². The second-order valence-electron chi connectivity index (χ2n) is 2.50. The molecule has 6 nitrogen and oxygen atoms in total. The fraction of sp³-hybridized carbons (Fsp3) is 0.875. The van der Waals surface area contributed by atoms with Crippen LogP contribution in [0.1, 0.15) is 12.8 Å². The van der Waals surface area contributed by atoms with Crippen LogP contribution in [0.5, 0.6) is 0 Å². The van der Waals surface area contributed by atoms with E-state index in [0.29, 0.717) is 0 Å². The molecule has 6 heteroatoms. The molecule has 0 atom stereocenters. The van der Waals surface area contributed by atoms with Gasteiger partial charge in [0.15, 0.2) is 0 Å². The van der Waals surface area contributed by atoms with E-state index in [0.717, 1.165) is 25.9 Å². The average Bonchev–Trinajstić information content (AvgIpc) is 2.19. The highest BCUT2D eigenvalue weighted by Gasteiger charge is 1.84. The maximum absolute atomic E-state index is 9.24. The molecule has 0 aliphatic heterocycles. The van der Waals surface area contributed by atoms with Crippen LogP contribution in [0.2, 0.25) is 0 Å². The third-order valence-electron chi connectivity index (χ3n) is 1.20. The van der Waals surface area contributed by atoms with Crippen LogP contribution >= 0.6 is 0 Å². The smallest absolute Gasteiger partial charge is 0.317 e. The van der Waals surface area contributed by atoms with Crippen molar-refractivity contribution in [3.05, 3.63) is 0 Å². The molecule has 0 saturated heterocycles. The molecule has 0 aromatic rings. The van der Waals surface area contributed by atoms with Crippen LogP contribution in [0, 0.1) is 0 Å². The van der Waals surface area contributed by atoms with Crippen molar-refractivity contribution in [3.63, 3.8) is 0 Å². The van der Waals surface area contributed by atoms with Gasteiger partial charge in [0.05, 0.1) is 6.54 Å². The fourth-order valence-electron chi connectivity index (χ4n) is 0.533. The number of aliphatic hydroxyl groups excluding tert-OH is 2. The van der Waals surface area contributed by atoms with Crippen LogP contribution in [-0.4, -0.2) is 54.1 Å². The molecule has 86 valence electrons. The van der Waals surface area contributed by atoms with Gasteiger partial charge in [-0.1, -0.05) is 0 Å². The monoisotopic (exact) mass is 208 g/mol. The predicted molar refractivity (Wildman–Crippen MR) is 53.0 cm³/mol. The van der Waals surface area contributed by atoms with Gasteiger partial charge in [0.2, 0.25) is 0 Å². The number of hydrogen-bond acceptors (Lipinski definition) is 5. The van der Waals surface area contributed by atoms with Gasteiger partial charge in [-0.2, -0.15) is 0 Å². The topological polar surface area (TPSA) is 116 Å². The summed E-state index contributed by atoms with van der Waals surface area (Å²) in [5, 5.41) is 27.3. The van der Waals surface area contributed by atoms with Crippen LogP contribution in [-0.2, 0) is 4.79 Å². The zero-order chi connectivity index (χ0) is 11.2. The number of aliphatic carboxylic acids is 1. The number of carboxylic acid groups (broad SMARTS) is 1. The Morgan fingerprint density at radius 3 is 1.71 bits per heavy atom. The van der Waals surface area contributed by atoms with Gasteiger partial charge in [-0.3, -0.25) is 4.79 Å². The Labute approximate surface area is 83.7 Å². The number of hydrogen-bond donors (Lipinski definition) is 5. The highest BCUT2D eigenvalue weighted by molar-refractivity contribution is 5.68.